The predicted octanol–water partition coefficient (Wildman–Crippen LogP) is 1.29. The SMILES string of the molecule is CC1Oc2c(cccc2C(=O)NC(CN)C2CC2)NC1=O.Cl. The van der Waals surface area contributed by atoms with E-state index in [0.29, 0.717) is 29.5 Å². The summed E-state index contributed by atoms with van der Waals surface area (Å²) in [5.41, 5.74) is 6.67. The molecule has 1 saturated carbocycles. The molecule has 1 aromatic carbocycles. The molecule has 6 nitrogen and oxygen atoms in total. The summed E-state index contributed by atoms with van der Waals surface area (Å²) < 4.78 is 5.58. The van der Waals surface area contributed by atoms with Crippen molar-refractivity contribution < 1.29 is 14.3 Å². The number of fused-ring (bicyclic) bond motifs is 1. The number of amides is 2. The molecule has 120 valence electrons. The summed E-state index contributed by atoms with van der Waals surface area (Å²) in [7, 11) is 0. The van der Waals surface area contributed by atoms with E-state index in [9.17, 15) is 9.59 Å². The molecule has 1 aliphatic carbocycles. The summed E-state index contributed by atoms with van der Waals surface area (Å²) >= 11 is 0. The number of para-hydroxylation sites is 1. The van der Waals surface area contributed by atoms with Gasteiger partial charge in [-0.3, -0.25) is 9.59 Å². The Hall–Kier alpha value is -1.79. The number of nitrogens with two attached hydrogens (primary N) is 1. The van der Waals surface area contributed by atoms with Crippen molar-refractivity contribution in [3.8, 4) is 5.75 Å². The highest BCUT2D eigenvalue weighted by atomic mass is 35.5. The van der Waals surface area contributed by atoms with E-state index in [1.807, 2.05) is 0 Å². The molecule has 2 amide bonds. The zero-order chi connectivity index (χ0) is 15.0. The zero-order valence-corrected chi connectivity index (χ0v) is 13.1. The number of benzene rings is 1. The van der Waals surface area contributed by atoms with Gasteiger partial charge in [-0.1, -0.05) is 6.07 Å². The lowest BCUT2D eigenvalue weighted by atomic mass is 10.1. The first-order chi connectivity index (χ1) is 10.1. The first-order valence-corrected chi connectivity index (χ1v) is 7.21. The van der Waals surface area contributed by atoms with Gasteiger partial charge in [0.15, 0.2) is 11.9 Å². The van der Waals surface area contributed by atoms with Gasteiger partial charge in [0, 0.05) is 12.6 Å². The molecule has 1 aliphatic heterocycles. The highest BCUT2D eigenvalue weighted by molar-refractivity contribution is 6.04. The van der Waals surface area contributed by atoms with Crippen LogP contribution in [-0.2, 0) is 4.79 Å². The lowest BCUT2D eigenvalue weighted by molar-refractivity contribution is -0.122. The van der Waals surface area contributed by atoms with Crippen molar-refractivity contribution >= 4 is 29.9 Å². The van der Waals surface area contributed by atoms with E-state index >= 15 is 0 Å². The molecule has 0 radical (unpaired) electrons. The van der Waals surface area contributed by atoms with Gasteiger partial charge >= 0.3 is 0 Å². The Kier molecular flexibility index (Phi) is 4.93. The van der Waals surface area contributed by atoms with E-state index in [0.717, 1.165) is 12.8 Å². The van der Waals surface area contributed by atoms with Gasteiger partial charge in [-0.25, -0.2) is 0 Å². The quantitative estimate of drug-likeness (QED) is 0.777. The summed E-state index contributed by atoms with van der Waals surface area (Å²) in [5.74, 6) is 0.488. The Morgan fingerprint density at radius 1 is 1.50 bits per heavy atom. The maximum Gasteiger partial charge on any atom is 0.265 e. The Labute approximate surface area is 135 Å². The maximum atomic E-state index is 12.4. The van der Waals surface area contributed by atoms with E-state index in [1.165, 1.54) is 0 Å². The fourth-order valence-electron chi connectivity index (χ4n) is 2.52. The summed E-state index contributed by atoms with van der Waals surface area (Å²) in [6.45, 7) is 2.08. The van der Waals surface area contributed by atoms with Gasteiger partial charge in [0.25, 0.3) is 11.8 Å². The minimum absolute atomic E-state index is 0. The van der Waals surface area contributed by atoms with Crippen molar-refractivity contribution in [3.63, 3.8) is 0 Å². The third-order valence-corrected chi connectivity index (χ3v) is 3.94. The van der Waals surface area contributed by atoms with Crippen LogP contribution in [0.3, 0.4) is 0 Å². The van der Waals surface area contributed by atoms with Crippen LogP contribution in [0.25, 0.3) is 0 Å². The van der Waals surface area contributed by atoms with Crippen LogP contribution in [-0.4, -0.2) is 30.5 Å². The van der Waals surface area contributed by atoms with Crippen molar-refractivity contribution in [2.75, 3.05) is 11.9 Å². The second-order valence-corrected chi connectivity index (χ2v) is 5.58. The fourth-order valence-corrected chi connectivity index (χ4v) is 2.52. The molecular weight excluding hydrogens is 306 g/mol. The number of nitrogens with one attached hydrogen (secondary N) is 2. The van der Waals surface area contributed by atoms with Gasteiger partial charge in [0.1, 0.15) is 0 Å². The third-order valence-electron chi connectivity index (χ3n) is 3.94. The van der Waals surface area contributed by atoms with Gasteiger partial charge in [-0.2, -0.15) is 0 Å². The Bertz CT molecular complexity index is 589. The smallest absolute Gasteiger partial charge is 0.265 e. The van der Waals surface area contributed by atoms with Crippen LogP contribution in [0.1, 0.15) is 30.1 Å². The summed E-state index contributed by atoms with van der Waals surface area (Å²) in [5, 5.41) is 5.70. The molecule has 4 N–H and O–H groups in total. The Morgan fingerprint density at radius 2 is 2.23 bits per heavy atom. The highest BCUT2D eigenvalue weighted by Crippen LogP contribution is 2.35. The second kappa shape index (κ2) is 6.54. The molecule has 3 rings (SSSR count). The standard InChI is InChI=1S/C15H19N3O3.ClH/c1-8-14(19)17-11-4-2-3-10(13(11)21-8)15(20)18-12(7-16)9-5-6-9;/h2-4,8-9,12H,5-7,16H2,1H3,(H,17,19)(H,18,20);1H. The molecule has 1 aromatic rings. The lowest BCUT2D eigenvalue weighted by Crippen LogP contribution is -2.42. The van der Waals surface area contributed by atoms with Gasteiger partial charge in [-0.05, 0) is 37.8 Å². The van der Waals surface area contributed by atoms with E-state index in [2.05, 4.69) is 10.6 Å². The molecule has 1 fully saturated rings. The molecule has 1 heterocycles. The van der Waals surface area contributed by atoms with E-state index < -0.39 is 6.10 Å². The third kappa shape index (κ3) is 3.18. The molecule has 22 heavy (non-hydrogen) atoms. The highest BCUT2D eigenvalue weighted by Gasteiger charge is 2.33. The number of anilines is 1. The maximum absolute atomic E-state index is 12.4. The van der Waals surface area contributed by atoms with Gasteiger partial charge < -0.3 is 21.1 Å². The van der Waals surface area contributed by atoms with Gasteiger partial charge in [-0.15, -0.1) is 12.4 Å². The minimum atomic E-state index is -0.611. The lowest BCUT2D eigenvalue weighted by Gasteiger charge is -2.25. The predicted molar refractivity (Wildman–Crippen MR) is 85.4 cm³/mol. The first kappa shape index (κ1) is 16.6. The van der Waals surface area contributed by atoms with Crippen molar-refractivity contribution in [3.05, 3.63) is 23.8 Å². The average molecular weight is 326 g/mol. The topological polar surface area (TPSA) is 93.4 Å². The first-order valence-electron chi connectivity index (χ1n) is 7.21. The number of rotatable bonds is 4. The van der Waals surface area contributed by atoms with Crippen LogP contribution in [0.4, 0.5) is 5.69 Å². The summed E-state index contributed by atoms with van der Waals surface area (Å²) in [6, 6.07) is 5.14. The second-order valence-electron chi connectivity index (χ2n) is 5.58. The number of carbonyl (C=O) groups is 2. The van der Waals surface area contributed by atoms with Crippen LogP contribution < -0.4 is 21.1 Å². The fraction of sp³-hybridized carbons (Fsp3) is 0.467. The van der Waals surface area contributed by atoms with Crippen molar-refractivity contribution in [2.45, 2.75) is 31.9 Å². The van der Waals surface area contributed by atoms with Crippen LogP contribution >= 0.6 is 12.4 Å². The van der Waals surface area contributed by atoms with Crippen LogP contribution in [0.2, 0.25) is 0 Å². The van der Waals surface area contributed by atoms with Crippen LogP contribution in [0, 0.1) is 5.92 Å². The molecule has 0 aromatic heterocycles. The zero-order valence-electron chi connectivity index (χ0n) is 12.3. The molecule has 2 unspecified atom stereocenters. The molecule has 0 bridgehead atoms. The number of halogens is 1. The monoisotopic (exact) mass is 325 g/mol. The van der Waals surface area contributed by atoms with Crippen molar-refractivity contribution in [2.24, 2.45) is 11.7 Å². The molecular formula is C15H20ClN3O3. The van der Waals surface area contributed by atoms with Crippen molar-refractivity contribution in [1.29, 1.82) is 0 Å². The van der Waals surface area contributed by atoms with Crippen LogP contribution in [0.15, 0.2) is 18.2 Å². The Morgan fingerprint density at radius 3 is 2.86 bits per heavy atom. The van der Waals surface area contributed by atoms with Gasteiger partial charge in [0.2, 0.25) is 0 Å². The van der Waals surface area contributed by atoms with Crippen LogP contribution in [0.5, 0.6) is 5.75 Å². The number of hydrogen-bond donors (Lipinski definition) is 3. The van der Waals surface area contributed by atoms with Gasteiger partial charge in [0.05, 0.1) is 11.3 Å². The largest absolute Gasteiger partial charge is 0.478 e. The van der Waals surface area contributed by atoms with E-state index in [1.54, 1.807) is 25.1 Å². The number of carbonyl (C=O) groups excluding carboxylic acids is 2. The molecule has 0 spiro atoms. The molecule has 2 atom stereocenters. The molecule has 2 aliphatic rings. The minimum Gasteiger partial charge on any atom is -0.478 e. The molecule has 7 heteroatoms. The van der Waals surface area contributed by atoms with Crippen molar-refractivity contribution in [1.82, 2.24) is 5.32 Å². The average Bonchev–Trinajstić information content (AvgIpc) is 3.29. The number of ether oxygens (including phenoxy) is 1. The Balaban J connectivity index is 0.00000176. The summed E-state index contributed by atoms with van der Waals surface area (Å²) in [4.78, 5) is 24.1. The normalized spacial score (nSPS) is 20.8. The van der Waals surface area contributed by atoms with E-state index in [4.69, 9.17) is 10.5 Å². The summed E-state index contributed by atoms with van der Waals surface area (Å²) in [6.07, 6.45) is 1.61. The number of hydrogen-bond acceptors (Lipinski definition) is 4. The van der Waals surface area contributed by atoms with E-state index in [-0.39, 0.29) is 30.3 Å². The molecule has 0 saturated heterocycles.